The third kappa shape index (κ3) is 5.40. The zero-order valence-corrected chi connectivity index (χ0v) is 31.9. The summed E-state index contributed by atoms with van der Waals surface area (Å²) in [6.45, 7) is 0. The lowest BCUT2D eigenvalue weighted by atomic mass is 9.92. The minimum Gasteiger partial charge on any atom is -0.308 e. The van der Waals surface area contributed by atoms with E-state index in [-0.39, 0.29) is 0 Å². The Kier molecular flexibility index (Phi) is 7.47. The van der Waals surface area contributed by atoms with Crippen LogP contribution in [-0.4, -0.2) is 23.3 Å². The maximum absolute atomic E-state index is 4.92. The molecule has 0 atom stereocenters. The fourth-order valence-corrected chi connectivity index (χ4v) is 8.98. The summed E-state index contributed by atoms with van der Waals surface area (Å²) >= 11 is 0. The van der Waals surface area contributed by atoms with Gasteiger partial charge in [-0.05, 0) is 74.8 Å². The second-order valence-electron chi connectivity index (χ2n) is 15.1. The van der Waals surface area contributed by atoms with E-state index in [1.165, 1.54) is 60.4 Å². The molecule has 0 amide bonds. The highest BCUT2D eigenvalue weighted by molar-refractivity contribution is 6.22. The van der Waals surface area contributed by atoms with Crippen molar-refractivity contribution in [3.8, 4) is 61.7 Å². The minimum absolute atomic E-state index is 0.934. The molecule has 0 N–H and O–H groups in total. The van der Waals surface area contributed by atoms with Crippen molar-refractivity contribution in [2.24, 2.45) is 0 Å². The highest BCUT2D eigenvalue weighted by Gasteiger charge is 2.24. The highest BCUT2D eigenvalue weighted by Crippen LogP contribution is 2.46. The maximum atomic E-state index is 4.92. The van der Waals surface area contributed by atoms with E-state index < -0.39 is 0 Å². The number of nitrogens with zero attached hydrogens (tertiary/aromatic N) is 5. The largest absolute Gasteiger partial charge is 0.308 e. The average molecular weight is 754 g/mol. The molecule has 0 saturated heterocycles. The zero-order chi connectivity index (χ0) is 38.9. The van der Waals surface area contributed by atoms with Gasteiger partial charge in [0.2, 0.25) is 0 Å². The van der Waals surface area contributed by atoms with Crippen molar-refractivity contribution in [3.63, 3.8) is 0 Å². The number of benzene rings is 7. The van der Waals surface area contributed by atoms with Gasteiger partial charge in [0.05, 0.1) is 22.6 Å². The van der Waals surface area contributed by atoms with Crippen molar-refractivity contribution in [3.05, 3.63) is 213 Å². The molecule has 0 fully saturated rings. The van der Waals surface area contributed by atoms with Gasteiger partial charge in [-0.1, -0.05) is 152 Å². The van der Waals surface area contributed by atoms with E-state index in [1.54, 1.807) is 0 Å². The molecular weight excluding hydrogens is 719 g/mol. The molecule has 0 aliphatic heterocycles. The lowest BCUT2D eigenvalue weighted by Crippen LogP contribution is -1.98. The first-order valence-corrected chi connectivity index (χ1v) is 20.0. The molecule has 0 bridgehead atoms. The first-order valence-electron chi connectivity index (χ1n) is 20.0. The molecule has 0 aliphatic carbocycles. The molecule has 276 valence electrons. The van der Waals surface area contributed by atoms with Crippen molar-refractivity contribution < 1.29 is 0 Å². The monoisotopic (exact) mass is 753 g/mol. The van der Waals surface area contributed by atoms with Crippen LogP contribution in [0.3, 0.4) is 0 Å². The third-order valence-electron chi connectivity index (χ3n) is 11.7. The summed E-state index contributed by atoms with van der Waals surface area (Å²) in [5.41, 5.74) is 15.4. The van der Waals surface area contributed by atoms with E-state index in [2.05, 4.69) is 177 Å². The molecular formula is C54H35N5. The van der Waals surface area contributed by atoms with Gasteiger partial charge in [-0.3, -0.25) is 0 Å². The van der Waals surface area contributed by atoms with Crippen LogP contribution in [-0.2, 0) is 0 Å². The lowest BCUT2D eigenvalue weighted by molar-refractivity contribution is 1.14. The van der Waals surface area contributed by atoms with Gasteiger partial charge in [-0.2, -0.15) is 0 Å². The average Bonchev–Trinajstić information content (AvgIpc) is 4.04. The Morgan fingerprint density at radius 3 is 1.51 bits per heavy atom. The van der Waals surface area contributed by atoms with Gasteiger partial charge in [0, 0.05) is 57.9 Å². The van der Waals surface area contributed by atoms with Crippen LogP contribution in [0.4, 0.5) is 0 Å². The summed E-state index contributed by atoms with van der Waals surface area (Å²) in [4.78, 5) is 9.77. The molecule has 12 rings (SSSR count). The van der Waals surface area contributed by atoms with E-state index in [0.29, 0.717) is 0 Å². The Labute approximate surface area is 340 Å². The van der Waals surface area contributed by atoms with Gasteiger partial charge in [-0.15, -0.1) is 0 Å². The quantitative estimate of drug-likeness (QED) is 0.159. The van der Waals surface area contributed by atoms with Gasteiger partial charge in [0.1, 0.15) is 11.3 Å². The highest BCUT2D eigenvalue weighted by atomic mass is 15.0. The van der Waals surface area contributed by atoms with Crippen LogP contribution in [0.5, 0.6) is 0 Å². The van der Waals surface area contributed by atoms with Crippen molar-refractivity contribution in [1.29, 1.82) is 0 Å². The Balaban J connectivity index is 1.06. The van der Waals surface area contributed by atoms with Crippen LogP contribution in [0.2, 0.25) is 0 Å². The number of aromatic nitrogens is 5. The molecule has 5 heterocycles. The van der Waals surface area contributed by atoms with Crippen molar-refractivity contribution >= 4 is 43.7 Å². The van der Waals surface area contributed by atoms with Crippen molar-refractivity contribution in [2.75, 3.05) is 0 Å². The van der Waals surface area contributed by atoms with Gasteiger partial charge in [-0.25, -0.2) is 9.97 Å². The fraction of sp³-hybridized carbons (Fsp3) is 0. The first kappa shape index (κ1) is 33.2. The minimum atomic E-state index is 0.934. The maximum Gasteiger partial charge on any atom is 0.137 e. The molecule has 0 aliphatic rings. The fourth-order valence-electron chi connectivity index (χ4n) is 8.98. The zero-order valence-electron chi connectivity index (χ0n) is 31.9. The van der Waals surface area contributed by atoms with Gasteiger partial charge < -0.3 is 13.4 Å². The van der Waals surface area contributed by atoms with Crippen LogP contribution in [0.25, 0.3) is 105 Å². The number of hydrogen-bond donors (Lipinski definition) is 0. The van der Waals surface area contributed by atoms with Crippen LogP contribution < -0.4 is 0 Å². The number of pyridine rings is 2. The predicted molar refractivity (Wildman–Crippen MR) is 243 cm³/mol. The lowest BCUT2D eigenvalue weighted by Gasteiger charge is -2.15. The van der Waals surface area contributed by atoms with E-state index in [9.17, 15) is 0 Å². The smallest absolute Gasteiger partial charge is 0.137 e. The van der Waals surface area contributed by atoms with Gasteiger partial charge >= 0.3 is 0 Å². The van der Waals surface area contributed by atoms with E-state index >= 15 is 0 Å². The summed E-state index contributed by atoms with van der Waals surface area (Å²) in [5.74, 6) is 0. The predicted octanol–water partition coefficient (Wildman–Crippen LogP) is 13.6. The summed E-state index contributed by atoms with van der Waals surface area (Å²) in [5, 5.41) is 6.09. The third-order valence-corrected chi connectivity index (χ3v) is 11.7. The van der Waals surface area contributed by atoms with Crippen LogP contribution >= 0.6 is 0 Å². The Morgan fingerprint density at radius 2 is 0.864 bits per heavy atom. The van der Waals surface area contributed by atoms with Gasteiger partial charge in [0.25, 0.3) is 0 Å². The summed E-state index contributed by atoms with van der Waals surface area (Å²) in [6.07, 6.45) is 8.27. The molecule has 12 aromatic rings. The Morgan fingerprint density at radius 1 is 0.339 bits per heavy atom. The van der Waals surface area contributed by atoms with Crippen LogP contribution in [0.1, 0.15) is 0 Å². The molecule has 0 saturated carbocycles. The summed E-state index contributed by atoms with van der Waals surface area (Å²) < 4.78 is 6.62. The second-order valence-corrected chi connectivity index (χ2v) is 15.1. The van der Waals surface area contributed by atoms with E-state index in [0.717, 1.165) is 45.1 Å². The normalized spacial score (nSPS) is 11.7. The molecule has 59 heavy (non-hydrogen) atoms. The molecule has 7 aromatic carbocycles. The summed E-state index contributed by atoms with van der Waals surface area (Å²) in [7, 11) is 0. The van der Waals surface area contributed by atoms with Crippen molar-refractivity contribution in [2.45, 2.75) is 0 Å². The van der Waals surface area contributed by atoms with E-state index in [4.69, 9.17) is 9.97 Å². The Hall–Kier alpha value is -8.02. The topological polar surface area (TPSA) is 39.5 Å². The SMILES string of the molecule is c1ccc(-c2c(-c3ccccc3)n(-c3ccc(-c4cn5ccccc5n4)cc3)c3c2ccc2c4cccc(-c5ccc(-c6cn7ccccc7n6)cc5)c4ccc23)cc1. The molecule has 5 heteroatoms. The Bertz CT molecular complexity index is 3450. The molecule has 5 nitrogen and oxygen atoms in total. The number of hydrogen-bond acceptors (Lipinski definition) is 2. The standard InChI is InChI=1S/C54H35N5/c1-3-12-39(13-4-1)52-47-31-29-45-43-17-11-16-42(36-20-22-37(23-21-36)48-34-57-32-9-7-18-50(57)55-48)44(43)28-30-46(45)54(47)59(53(52)40-14-5-2-6-15-40)41-26-24-38(25-27-41)49-35-58-33-10-8-19-51(58)56-49/h1-35H. The van der Waals surface area contributed by atoms with Crippen LogP contribution in [0.15, 0.2) is 213 Å². The van der Waals surface area contributed by atoms with E-state index in [1.807, 2.05) is 48.8 Å². The molecule has 0 unspecified atom stereocenters. The number of imidazole rings is 2. The summed E-state index contributed by atoms with van der Waals surface area (Å²) in [6, 6.07) is 67.5. The first-order chi connectivity index (χ1) is 29.2. The number of rotatable bonds is 6. The van der Waals surface area contributed by atoms with Crippen LogP contribution in [0, 0.1) is 0 Å². The number of fused-ring (bicyclic) bond motifs is 7. The second kappa shape index (κ2) is 13.3. The molecule has 0 spiro atoms. The van der Waals surface area contributed by atoms with Crippen molar-refractivity contribution in [1.82, 2.24) is 23.3 Å². The van der Waals surface area contributed by atoms with Gasteiger partial charge in [0.15, 0.2) is 0 Å². The molecule has 5 aromatic heterocycles. The molecule has 0 radical (unpaired) electrons.